The van der Waals surface area contributed by atoms with Gasteiger partial charge < -0.3 is 0 Å². The van der Waals surface area contributed by atoms with Crippen LogP contribution in [0, 0.1) is 63.2 Å². The average molecular weight is 1260 g/mol. The zero-order valence-electron chi connectivity index (χ0n) is 66.4. The zero-order chi connectivity index (χ0) is 73.0. The first-order valence-corrected chi connectivity index (χ1v) is 33.8. The van der Waals surface area contributed by atoms with Crippen LogP contribution in [0.5, 0.6) is 0 Å². The molecule has 494 valence electrons. The molecule has 0 fully saturated rings. The molecule has 0 aliphatic heterocycles. The van der Waals surface area contributed by atoms with Gasteiger partial charge >= 0.3 is 0 Å². The van der Waals surface area contributed by atoms with E-state index in [-0.39, 0.29) is 0 Å². The summed E-state index contributed by atoms with van der Waals surface area (Å²) in [5.74, 6) is 0.571. The molecule has 5 heteroatoms. The van der Waals surface area contributed by atoms with E-state index in [1.807, 2.05) is 126 Å². The summed E-state index contributed by atoms with van der Waals surface area (Å²) in [5.41, 5.74) is 25.5. The first-order chi connectivity index (χ1) is 45.5. The van der Waals surface area contributed by atoms with E-state index in [1.54, 1.807) is 0 Å². The lowest BCUT2D eigenvalue weighted by Crippen LogP contribution is -2.32. The number of aryl methyl sites for hydroxylation is 11. The lowest BCUT2D eigenvalue weighted by molar-refractivity contribution is -0.661. The molecule has 0 atom stereocenters. The van der Waals surface area contributed by atoms with Crippen LogP contribution in [0.3, 0.4) is 0 Å². The number of nitrogens with zero attached hydrogens (tertiary/aromatic N) is 5. The SMILES string of the molecule is Cc1ccccc1-c1cc(C)c(C(C)C)c[n+]1C.Cc1ccccc1-c1cc(CC(C)(C)C)cc[n+]1C.Cc1ccccc1-c1ccc(CC(C)(C)C)c[n+]1C.[2H]C([2H])(c1cc[n+](C)c(-c2ccccc2C)c1)C(C)(C)C.[2H]C([2H])(c1ccc(-c2ccccc2C)[n+](C)c1)C(C)(C)C. The van der Waals surface area contributed by atoms with Gasteiger partial charge in [-0.15, -0.1) is 0 Å². The second-order valence-corrected chi connectivity index (χ2v) is 30.8. The molecule has 0 aliphatic rings. The van der Waals surface area contributed by atoms with Crippen molar-refractivity contribution in [3.05, 3.63) is 268 Å². The Balaban J connectivity index is 0.000000194. The van der Waals surface area contributed by atoms with Crippen molar-refractivity contribution in [1.82, 2.24) is 0 Å². The number of pyridine rings is 5. The number of hydrogen-bond acceptors (Lipinski definition) is 0. The minimum Gasteiger partial charge on any atom is -0.201 e. The standard InChI is InChI=1S/4C18H24N.C17H22N/c2*1-14-8-6-7-9-16(14)17-12-15(10-11-19(17)5)13-18(2,3)4;2*1-14-8-6-7-9-16(14)17-11-10-15(13-19(17)5)12-18(2,3)4;1-12(2)16-11-18(5)17(10-14(16)4)15-9-7-6-8-13(15)3/h2*6-12H,13H2,1-5H3;2*6-11,13H,12H2,1-5H3;6-12H,1-5H3/q5*+1/i13D2;;12D2;;. The summed E-state index contributed by atoms with van der Waals surface area (Å²) in [6.45, 7) is 42.7. The van der Waals surface area contributed by atoms with E-state index < -0.39 is 23.6 Å². The van der Waals surface area contributed by atoms with Gasteiger partial charge in [0.15, 0.2) is 31.0 Å². The summed E-state index contributed by atoms with van der Waals surface area (Å²) >= 11 is 0. The van der Waals surface area contributed by atoms with Crippen LogP contribution in [0.1, 0.15) is 170 Å². The average Bonchev–Trinajstić information content (AvgIpc) is 0.790. The first-order valence-electron chi connectivity index (χ1n) is 35.8. The van der Waals surface area contributed by atoms with Crippen molar-refractivity contribution in [2.45, 2.75) is 170 Å². The molecule has 5 aromatic carbocycles. The van der Waals surface area contributed by atoms with Gasteiger partial charge in [0, 0.05) is 92.5 Å². The van der Waals surface area contributed by atoms with E-state index in [1.165, 1.54) is 89.4 Å². The number of benzene rings is 5. The summed E-state index contributed by atoms with van der Waals surface area (Å²) in [5, 5.41) is 0. The molecule has 10 aromatic rings. The van der Waals surface area contributed by atoms with E-state index in [0.29, 0.717) is 16.7 Å². The molecule has 0 saturated heterocycles. The lowest BCUT2D eigenvalue weighted by Gasteiger charge is -2.18. The molecule has 5 nitrogen and oxygen atoms in total. The maximum atomic E-state index is 8.46. The van der Waals surface area contributed by atoms with Crippen molar-refractivity contribution in [2.24, 2.45) is 56.9 Å². The molecule has 0 radical (unpaired) electrons. The number of aromatic nitrogens is 5. The van der Waals surface area contributed by atoms with Crippen molar-refractivity contribution in [1.29, 1.82) is 0 Å². The van der Waals surface area contributed by atoms with E-state index in [2.05, 4.69) is 278 Å². The van der Waals surface area contributed by atoms with Crippen molar-refractivity contribution in [2.75, 3.05) is 0 Å². The summed E-state index contributed by atoms with van der Waals surface area (Å²) in [4.78, 5) is 0. The Bertz CT molecular complexity index is 4320. The highest BCUT2D eigenvalue weighted by atomic mass is 14.9. The topological polar surface area (TPSA) is 19.4 Å². The molecule has 0 saturated carbocycles. The fourth-order valence-electron chi connectivity index (χ4n) is 12.0. The monoisotopic (exact) mass is 1260 g/mol. The van der Waals surface area contributed by atoms with Crippen LogP contribution in [0.25, 0.3) is 56.3 Å². The van der Waals surface area contributed by atoms with Gasteiger partial charge in [-0.05, 0) is 182 Å². The summed E-state index contributed by atoms with van der Waals surface area (Å²) in [6, 6.07) is 61.3. The number of rotatable bonds is 10. The Morgan fingerprint density at radius 2 is 0.596 bits per heavy atom. The van der Waals surface area contributed by atoms with Crippen LogP contribution in [0.4, 0.5) is 0 Å². The third kappa shape index (κ3) is 22.8. The molecule has 10 rings (SSSR count). The van der Waals surface area contributed by atoms with Crippen LogP contribution in [-0.2, 0) is 60.8 Å². The molecule has 0 bridgehead atoms. The van der Waals surface area contributed by atoms with Crippen LogP contribution in [0.2, 0.25) is 0 Å². The zero-order valence-corrected chi connectivity index (χ0v) is 62.4. The molecule has 0 spiro atoms. The molecule has 5 aromatic heterocycles. The van der Waals surface area contributed by atoms with Gasteiger partial charge in [0.2, 0.25) is 28.5 Å². The molecule has 0 amide bonds. The fraction of sp³-hybridized carbons (Fsp3) is 0.382. The molecule has 94 heavy (non-hydrogen) atoms. The lowest BCUT2D eigenvalue weighted by atomic mass is 9.88. The Kier molecular flexibility index (Phi) is 24.0. The number of hydrogen-bond donors (Lipinski definition) is 0. The van der Waals surface area contributed by atoms with Crippen LogP contribution >= 0.6 is 0 Å². The Morgan fingerprint density at radius 1 is 0.298 bits per heavy atom. The van der Waals surface area contributed by atoms with Gasteiger partial charge in [-0.3, -0.25) is 0 Å². The van der Waals surface area contributed by atoms with Crippen LogP contribution in [-0.4, -0.2) is 0 Å². The van der Waals surface area contributed by atoms with Crippen molar-refractivity contribution < 1.29 is 28.3 Å². The predicted molar refractivity (Wildman–Crippen MR) is 400 cm³/mol. The second-order valence-electron chi connectivity index (χ2n) is 30.8. The molecule has 5 heterocycles. The van der Waals surface area contributed by atoms with E-state index in [0.717, 1.165) is 40.9 Å². The maximum absolute atomic E-state index is 8.46. The molecule has 0 unspecified atom stereocenters. The van der Waals surface area contributed by atoms with Gasteiger partial charge in [0.25, 0.3) is 0 Å². The minimum absolute atomic E-state index is 0.322. The molecular formula is C89H118N5+5. The van der Waals surface area contributed by atoms with Crippen LogP contribution in [0.15, 0.2) is 207 Å². The molecular weight excluding hydrogens is 1140 g/mol. The van der Waals surface area contributed by atoms with Gasteiger partial charge in [-0.2, -0.15) is 0 Å². The Morgan fingerprint density at radius 3 is 0.947 bits per heavy atom. The third-order valence-electron chi connectivity index (χ3n) is 16.4. The van der Waals surface area contributed by atoms with Gasteiger partial charge in [-0.25, -0.2) is 22.8 Å². The Labute approximate surface area is 576 Å². The summed E-state index contributed by atoms with van der Waals surface area (Å²) in [7, 11) is 10.4. The largest absolute Gasteiger partial charge is 0.212 e. The van der Waals surface area contributed by atoms with Crippen LogP contribution < -0.4 is 22.8 Å². The Hall–Kier alpha value is -8.15. The normalized spacial score (nSPS) is 12.4. The quantitative estimate of drug-likeness (QED) is 0.122. The highest BCUT2D eigenvalue weighted by molar-refractivity contribution is 5.64. The van der Waals surface area contributed by atoms with E-state index in [4.69, 9.17) is 5.48 Å². The highest BCUT2D eigenvalue weighted by Gasteiger charge is 2.22. The smallest absolute Gasteiger partial charge is 0.201 e. The molecule has 0 aliphatic carbocycles. The van der Waals surface area contributed by atoms with E-state index >= 15 is 0 Å². The summed E-state index contributed by atoms with van der Waals surface area (Å²) in [6.07, 6.45) is 10.0. The fourth-order valence-corrected chi connectivity index (χ4v) is 12.0. The first kappa shape index (κ1) is 68.7. The van der Waals surface area contributed by atoms with Gasteiger partial charge in [0.1, 0.15) is 35.2 Å². The molecule has 0 N–H and O–H groups in total. The third-order valence-corrected chi connectivity index (χ3v) is 16.4. The maximum Gasteiger partial charge on any atom is 0.212 e. The van der Waals surface area contributed by atoms with Gasteiger partial charge in [-0.1, -0.05) is 188 Å². The van der Waals surface area contributed by atoms with Crippen molar-refractivity contribution >= 4 is 0 Å². The highest BCUT2D eigenvalue weighted by Crippen LogP contribution is 2.30. The van der Waals surface area contributed by atoms with Gasteiger partial charge in [0.05, 0.1) is 0 Å². The van der Waals surface area contributed by atoms with Crippen molar-refractivity contribution in [3.63, 3.8) is 0 Å². The predicted octanol–water partition coefficient (Wildman–Crippen LogP) is 20.2. The van der Waals surface area contributed by atoms with E-state index in [9.17, 15) is 0 Å². The van der Waals surface area contributed by atoms with Crippen molar-refractivity contribution in [3.8, 4) is 56.3 Å². The minimum atomic E-state index is -1.38. The second kappa shape index (κ2) is 32.8. The summed E-state index contributed by atoms with van der Waals surface area (Å²) < 4.78 is 44.4.